The number of pyridine rings is 1. The largest absolute Gasteiger partial charge is 2.00 e. The number of nitrogens with zero attached hydrogens (tertiary/aromatic N) is 2. The van der Waals surface area contributed by atoms with Crippen LogP contribution in [0.15, 0.2) is 96.1 Å². The smallest absolute Gasteiger partial charge is 0.304 e. The van der Waals surface area contributed by atoms with Crippen molar-refractivity contribution in [2.45, 2.75) is 0 Å². The first-order valence-electron chi connectivity index (χ1n) is 8.44. The number of hydrogen-bond donors (Lipinski definition) is 0. The van der Waals surface area contributed by atoms with E-state index in [1.165, 1.54) is 0 Å². The van der Waals surface area contributed by atoms with E-state index in [1.54, 1.807) is 6.20 Å². The molecule has 0 aliphatic rings. The summed E-state index contributed by atoms with van der Waals surface area (Å²) in [6.07, 6.45) is 3.63. The number of para-hydroxylation sites is 1. The summed E-state index contributed by atoms with van der Waals surface area (Å²) in [6, 6.07) is 34.5. The molecule has 4 rings (SSSR count). The molecule has 0 fully saturated rings. The third kappa shape index (κ3) is 4.65. The molecule has 27 heavy (non-hydrogen) atoms. The average molecular weight is 439 g/mol. The van der Waals surface area contributed by atoms with Crippen molar-refractivity contribution in [1.82, 2.24) is 4.98 Å². The van der Waals surface area contributed by atoms with Gasteiger partial charge in [0, 0.05) is 17.6 Å². The van der Waals surface area contributed by atoms with Gasteiger partial charge in [0.05, 0.1) is 0 Å². The Balaban J connectivity index is 0.00000210. The van der Waals surface area contributed by atoms with Crippen LogP contribution in [-0.2, 0) is 20.4 Å². The molecule has 4 aromatic rings. The van der Waals surface area contributed by atoms with Gasteiger partial charge >= 0.3 is 20.4 Å². The van der Waals surface area contributed by atoms with E-state index in [0.29, 0.717) is 0 Å². The van der Waals surface area contributed by atoms with Gasteiger partial charge in [0.2, 0.25) is 0 Å². The van der Waals surface area contributed by atoms with Crippen molar-refractivity contribution in [2.75, 3.05) is 0 Å². The van der Waals surface area contributed by atoms with Crippen LogP contribution in [-0.4, -0.2) is 11.2 Å². The number of benzene rings is 3. The van der Waals surface area contributed by atoms with Gasteiger partial charge < -0.3 is 4.99 Å². The molecule has 2 nitrogen and oxygen atoms in total. The molecule has 0 spiro atoms. The van der Waals surface area contributed by atoms with Gasteiger partial charge in [-0.2, -0.15) is 0 Å². The maximum absolute atomic E-state index is 4.69. The van der Waals surface area contributed by atoms with Crippen molar-refractivity contribution in [2.24, 2.45) is 4.99 Å². The third-order valence-corrected chi connectivity index (χ3v) is 4.00. The fourth-order valence-corrected chi connectivity index (χ4v) is 2.75. The maximum atomic E-state index is 4.69. The molecule has 0 N–H and O–H groups in total. The Morgan fingerprint density at radius 2 is 1.59 bits per heavy atom. The summed E-state index contributed by atoms with van der Waals surface area (Å²) in [5.41, 5.74) is 5.78. The Labute approximate surface area is 173 Å². The van der Waals surface area contributed by atoms with E-state index in [4.69, 9.17) is 4.99 Å². The third-order valence-electron chi connectivity index (χ3n) is 4.00. The topological polar surface area (TPSA) is 25.2 Å². The van der Waals surface area contributed by atoms with E-state index in [2.05, 4.69) is 23.2 Å². The molecule has 0 bridgehead atoms. The second-order valence-corrected chi connectivity index (χ2v) is 5.79. The Morgan fingerprint density at radius 1 is 0.778 bits per heavy atom. The van der Waals surface area contributed by atoms with Gasteiger partial charge in [-0.15, -0.1) is 65.7 Å². The van der Waals surface area contributed by atoms with Gasteiger partial charge in [0.25, 0.3) is 0 Å². The van der Waals surface area contributed by atoms with E-state index in [1.807, 2.05) is 85.1 Å². The van der Waals surface area contributed by atoms with Crippen molar-refractivity contribution in [1.29, 1.82) is 0 Å². The summed E-state index contributed by atoms with van der Waals surface area (Å²) < 4.78 is 0. The number of rotatable bonds is 4. The number of hydrogen-bond acceptors (Lipinski definition) is 2. The average Bonchev–Trinajstić information content (AvgIpc) is 2.74. The minimum absolute atomic E-state index is 0. The first-order chi connectivity index (χ1) is 12.9. The maximum Gasteiger partial charge on any atom is 2.00 e. The van der Waals surface area contributed by atoms with Crippen molar-refractivity contribution in [3.8, 4) is 22.4 Å². The Kier molecular flexibility index (Phi) is 6.44. The van der Waals surface area contributed by atoms with Gasteiger partial charge in [-0.1, -0.05) is 41.5 Å². The molecule has 132 valence electrons. The minimum atomic E-state index is 0. The van der Waals surface area contributed by atoms with Crippen LogP contribution in [0.2, 0.25) is 0 Å². The van der Waals surface area contributed by atoms with Crippen LogP contribution in [0.4, 0.5) is 5.69 Å². The first-order valence-corrected chi connectivity index (χ1v) is 8.44. The van der Waals surface area contributed by atoms with E-state index in [-0.39, 0.29) is 20.4 Å². The van der Waals surface area contributed by atoms with E-state index in [0.717, 1.165) is 33.6 Å². The standard InChI is InChI=1S/C24H16N2.Pd/c1-2-10-20(11-3-1)22-13-4-5-15-24(22)26-18-19-9-8-12-21(17-19)23-14-6-7-16-25-23;/h1-10,12-16,18H;/q-2;+2. The molecule has 0 saturated heterocycles. The summed E-state index contributed by atoms with van der Waals surface area (Å²) in [5.74, 6) is 0. The fraction of sp³-hybridized carbons (Fsp3) is 0. The molecule has 3 aromatic carbocycles. The zero-order valence-corrected chi connectivity index (χ0v) is 16.0. The second-order valence-electron chi connectivity index (χ2n) is 5.79. The Morgan fingerprint density at radius 3 is 2.41 bits per heavy atom. The summed E-state index contributed by atoms with van der Waals surface area (Å²) in [4.78, 5) is 9.07. The molecule has 0 aliphatic carbocycles. The molecule has 0 unspecified atom stereocenters. The zero-order valence-electron chi connectivity index (χ0n) is 14.4. The molecular formula is C24H16N2Pd. The van der Waals surface area contributed by atoms with Crippen molar-refractivity contribution < 1.29 is 20.4 Å². The summed E-state index contributed by atoms with van der Waals surface area (Å²) in [5, 5.41) is 0. The predicted molar refractivity (Wildman–Crippen MR) is 106 cm³/mol. The van der Waals surface area contributed by atoms with Crippen LogP contribution in [0.5, 0.6) is 0 Å². The number of aliphatic imine (C=N–C) groups is 1. The Hall–Kier alpha value is -2.86. The molecule has 0 saturated carbocycles. The summed E-state index contributed by atoms with van der Waals surface area (Å²) >= 11 is 0. The molecule has 0 atom stereocenters. The molecule has 1 aromatic heterocycles. The van der Waals surface area contributed by atoms with Gasteiger partial charge in [0.15, 0.2) is 0 Å². The quantitative estimate of drug-likeness (QED) is 0.226. The zero-order chi connectivity index (χ0) is 17.6. The minimum Gasteiger partial charge on any atom is -0.304 e. The molecular weight excluding hydrogens is 423 g/mol. The first kappa shape index (κ1) is 18.9. The number of aromatic nitrogens is 1. The molecule has 0 radical (unpaired) electrons. The van der Waals surface area contributed by atoms with Crippen molar-refractivity contribution in [3.05, 3.63) is 109 Å². The molecule has 0 amide bonds. The normalized spacial score (nSPS) is 10.5. The summed E-state index contributed by atoms with van der Waals surface area (Å²) in [6.45, 7) is 0. The fourth-order valence-electron chi connectivity index (χ4n) is 2.75. The van der Waals surface area contributed by atoms with Crippen LogP contribution in [0, 0.1) is 12.1 Å². The van der Waals surface area contributed by atoms with Gasteiger partial charge in [-0.05, 0) is 18.3 Å². The van der Waals surface area contributed by atoms with Crippen LogP contribution < -0.4 is 0 Å². The SMILES string of the molecule is [Pd+2].[c-]1c(C=Nc2ccccc2-c2[c-]cccc2)cccc1-c1ccccn1. The second kappa shape index (κ2) is 9.19. The molecule has 1 heterocycles. The van der Waals surface area contributed by atoms with E-state index >= 15 is 0 Å². The van der Waals surface area contributed by atoms with Gasteiger partial charge in [-0.25, -0.2) is 0 Å². The van der Waals surface area contributed by atoms with Crippen molar-refractivity contribution in [3.63, 3.8) is 0 Å². The van der Waals surface area contributed by atoms with Crippen LogP contribution in [0.3, 0.4) is 0 Å². The van der Waals surface area contributed by atoms with Crippen LogP contribution in [0.25, 0.3) is 22.4 Å². The molecule has 0 aliphatic heterocycles. The van der Waals surface area contributed by atoms with Crippen molar-refractivity contribution >= 4 is 11.9 Å². The monoisotopic (exact) mass is 438 g/mol. The van der Waals surface area contributed by atoms with E-state index < -0.39 is 0 Å². The Bertz CT molecular complexity index is 1030. The van der Waals surface area contributed by atoms with E-state index in [9.17, 15) is 0 Å². The van der Waals surface area contributed by atoms with Gasteiger partial charge in [-0.3, -0.25) is 4.98 Å². The van der Waals surface area contributed by atoms with Gasteiger partial charge in [0.1, 0.15) is 0 Å². The van der Waals surface area contributed by atoms with Crippen LogP contribution in [0.1, 0.15) is 5.56 Å². The summed E-state index contributed by atoms with van der Waals surface area (Å²) in [7, 11) is 0. The molecule has 3 heteroatoms. The predicted octanol–water partition coefficient (Wildman–Crippen LogP) is 5.76. The van der Waals surface area contributed by atoms with Crippen LogP contribution >= 0.6 is 0 Å².